The minimum atomic E-state index is 0.507. The van der Waals surface area contributed by atoms with Crippen molar-refractivity contribution in [3.63, 3.8) is 0 Å². The Hall–Kier alpha value is -0.650. The molecule has 18 heavy (non-hydrogen) atoms. The zero-order valence-electron chi connectivity index (χ0n) is 9.61. The van der Waals surface area contributed by atoms with Crippen molar-refractivity contribution in [1.82, 2.24) is 9.97 Å². The summed E-state index contributed by atoms with van der Waals surface area (Å²) in [6.07, 6.45) is 3.35. The van der Waals surface area contributed by atoms with Crippen LogP contribution < -0.4 is 4.74 Å². The summed E-state index contributed by atoms with van der Waals surface area (Å²) in [6, 6.07) is 7.41. The average Bonchev–Trinajstić information content (AvgIpc) is 2.37. The van der Waals surface area contributed by atoms with E-state index in [0.29, 0.717) is 17.6 Å². The van der Waals surface area contributed by atoms with E-state index in [0.717, 1.165) is 8.95 Å². The Bertz CT molecular complexity index is 476. The van der Waals surface area contributed by atoms with E-state index in [2.05, 4.69) is 41.8 Å². The molecule has 0 N–H and O–H groups in total. The van der Waals surface area contributed by atoms with Gasteiger partial charge in [-0.05, 0) is 63.0 Å². The van der Waals surface area contributed by atoms with E-state index < -0.39 is 0 Å². The van der Waals surface area contributed by atoms with Gasteiger partial charge in [0.2, 0.25) is 5.88 Å². The van der Waals surface area contributed by atoms with Gasteiger partial charge in [-0.3, -0.25) is 0 Å². The summed E-state index contributed by atoms with van der Waals surface area (Å²) >= 11 is 12.1. The Morgan fingerprint density at radius 2 is 1.72 bits per heavy atom. The number of pyridine rings is 2. The van der Waals surface area contributed by atoms with E-state index in [4.69, 9.17) is 16.3 Å². The maximum Gasteiger partial charge on any atom is 0.227 e. The molecule has 2 aromatic rings. The fourth-order valence-electron chi connectivity index (χ4n) is 0.981. The topological polar surface area (TPSA) is 35.0 Å². The number of ether oxygens (including phenoxy) is 1. The van der Waals surface area contributed by atoms with Crippen LogP contribution in [0.1, 0.15) is 6.92 Å². The summed E-state index contributed by atoms with van der Waals surface area (Å²) in [5.74, 6) is 0.657. The SMILES string of the molecule is CCOc1ncccc1Br.Clc1ncccc1Br. The molecule has 2 aromatic heterocycles. The third-order valence-electron chi connectivity index (χ3n) is 1.72. The molecule has 0 spiro atoms. The van der Waals surface area contributed by atoms with Gasteiger partial charge < -0.3 is 4.74 Å². The minimum absolute atomic E-state index is 0.507. The molecule has 0 aromatic carbocycles. The number of nitrogens with zero attached hydrogens (tertiary/aromatic N) is 2. The highest BCUT2D eigenvalue weighted by Gasteiger charge is 1.97. The van der Waals surface area contributed by atoms with E-state index in [1.54, 1.807) is 12.4 Å². The second-order valence-electron chi connectivity index (χ2n) is 3.00. The number of hydrogen-bond donors (Lipinski definition) is 0. The molecule has 0 aliphatic carbocycles. The molecule has 0 aliphatic rings. The van der Waals surface area contributed by atoms with Gasteiger partial charge in [-0.15, -0.1) is 0 Å². The zero-order valence-corrected chi connectivity index (χ0v) is 13.5. The molecule has 0 amide bonds. The van der Waals surface area contributed by atoms with Gasteiger partial charge in [0.15, 0.2) is 0 Å². The first-order chi connectivity index (χ1) is 8.65. The first-order valence-corrected chi connectivity index (χ1v) is 7.11. The molecule has 0 saturated heterocycles. The average molecular weight is 394 g/mol. The summed E-state index contributed by atoms with van der Waals surface area (Å²) in [7, 11) is 0. The Kier molecular flexibility index (Phi) is 7.23. The molecule has 0 fully saturated rings. The van der Waals surface area contributed by atoms with Gasteiger partial charge in [0.1, 0.15) is 5.15 Å². The van der Waals surface area contributed by atoms with Gasteiger partial charge in [-0.1, -0.05) is 11.6 Å². The lowest BCUT2D eigenvalue weighted by atomic mass is 10.5. The maximum atomic E-state index is 5.55. The molecule has 0 bridgehead atoms. The Morgan fingerprint density at radius 1 is 1.11 bits per heavy atom. The number of hydrogen-bond acceptors (Lipinski definition) is 3. The molecule has 0 unspecified atom stereocenters. The highest BCUT2D eigenvalue weighted by Crippen LogP contribution is 2.20. The smallest absolute Gasteiger partial charge is 0.227 e. The molecular formula is C12H11Br2ClN2O. The van der Waals surface area contributed by atoms with Gasteiger partial charge >= 0.3 is 0 Å². The molecule has 0 atom stereocenters. The van der Waals surface area contributed by atoms with Crippen molar-refractivity contribution in [2.45, 2.75) is 6.92 Å². The Labute approximate surface area is 128 Å². The summed E-state index contributed by atoms with van der Waals surface area (Å²) < 4.78 is 6.91. The van der Waals surface area contributed by atoms with Crippen LogP contribution in [0, 0.1) is 0 Å². The van der Waals surface area contributed by atoms with E-state index in [1.807, 2.05) is 31.2 Å². The van der Waals surface area contributed by atoms with Gasteiger partial charge in [-0.25, -0.2) is 9.97 Å². The van der Waals surface area contributed by atoms with Crippen molar-refractivity contribution in [3.8, 4) is 5.88 Å². The second kappa shape index (κ2) is 8.45. The fourth-order valence-corrected chi connectivity index (χ4v) is 1.72. The minimum Gasteiger partial charge on any atom is -0.477 e. The molecule has 2 heterocycles. The number of halogens is 3. The normalized spacial score (nSPS) is 9.33. The molecule has 0 aliphatic heterocycles. The van der Waals surface area contributed by atoms with Crippen LogP contribution in [-0.2, 0) is 0 Å². The molecule has 6 heteroatoms. The quantitative estimate of drug-likeness (QED) is 0.690. The van der Waals surface area contributed by atoms with Crippen LogP contribution >= 0.6 is 43.5 Å². The maximum absolute atomic E-state index is 5.55. The molecule has 0 saturated carbocycles. The summed E-state index contributed by atoms with van der Waals surface area (Å²) in [5.41, 5.74) is 0. The largest absolute Gasteiger partial charge is 0.477 e. The Morgan fingerprint density at radius 3 is 2.17 bits per heavy atom. The van der Waals surface area contributed by atoms with Crippen molar-refractivity contribution in [3.05, 3.63) is 50.8 Å². The zero-order chi connectivity index (χ0) is 13.4. The van der Waals surface area contributed by atoms with Gasteiger partial charge in [0, 0.05) is 12.4 Å². The molecule has 96 valence electrons. The summed E-state index contributed by atoms with van der Waals surface area (Å²) in [4.78, 5) is 7.80. The van der Waals surface area contributed by atoms with Crippen molar-refractivity contribution < 1.29 is 4.74 Å². The summed E-state index contributed by atoms with van der Waals surface area (Å²) in [6.45, 7) is 2.58. The van der Waals surface area contributed by atoms with E-state index in [-0.39, 0.29) is 0 Å². The first-order valence-electron chi connectivity index (χ1n) is 5.14. The van der Waals surface area contributed by atoms with Crippen LogP contribution in [0.5, 0.6) is 5.88 Å². The van der Waals surface area contributed by atoms with E-state index >= 15 is 0 Å². The van der Waals surface area contributed by atoms with Crippen LogP contribution in [0.3, 0.4) is 0 Å². The van der Waals surface area contributed by atoms with Crippen molar-refractivity contribution in [2.75, 3.05) is 6.61 Å². The van der Waals surface area contributed by atoms with Gasteiger partial charge in [-0.2, -0.15) is 0 Å². The fraction of sp³-hybridized carbons (Fsp3) is 0.167. The van der Waals surface area contributed by atoms with Crippen LogP contribution in [0.15, 0.2) is 45.6 Å². The predicted octanol–water partition coefficient (Wildman–Crippen LogP) is 4.74. The molecule has 3 nitrogen and oxygen atoms in total. The van der Waals surface area contributed by atoms with E-state index in [1.165, 1.54) is 0 Å². The third kappa shape index (κ3) is 5.33. The Balaban J connectivity index is 0.000000184. The van der Waals surface area contributed by atoms with Gasteiger partial charge in [0.25, 0.3) is 0 Å². The van der Waals surface area contributed by atoms with E-state index in [9.17, 15) is 0 Å². The van der Waals surface area contributed by atoms with Crippen LogP contribution in [0.25, 0.3) is 0 Å². The molecule has 0 radical (unpaired) electrons. The molecule has 2 rings (SSSR count). The predicted molar refractivity (Wildman–Crippen MR) is 80.1 cm³/mol. The lowest BCUT2D eigenvalue weighted by Gasteiger charge is -2.01. The molecular weight excluding hydrogens is 383 g/mol. The van der Waals surface area contributed by atoms with Crippen molar-refractivity contribution >= 4 is 43.5 Å². The highest BCUT2D eigenvalue weighted by molar-refractivity contribution is 9.10. The van der Waals surface area contributed by atoms with Gasteiger partial charge in [0.05, 0.1) is 15.6 Å². The van der Waals surface area contributed by atoms with Crippen LogP contribution in [0.4, 0.5) is 0 Å². The van der Waals surface area contributed by atoms with Crippen molar-refractivity contribution in [2.24, 2.45) is 0 Å². The lowest BCUT2D eigenvalue weighted by molar-refractivity contribution is 0.324. The standard InChI is InChI=1S/C7H8BrNO.C5H3BrClN/c1-2-10-7-6(8)4-3-5-9-7;6-4-2-1-3-8-5(4)7/h3-5H,2H2,1H3;1-3H. The van der Waals surface area contributed by atoms with Crippen molar-refractivity contribution in [1.29, 1.82) is 0 Å². The first kappa shape index (κ1) is 15.4. The van der Waals surface area contributed by atoms with Crippen LogP contribution in [-0.4, -0.2) is 16.6 Å². The lowest BCUT2D eigenvalue weighted by Crippen LogP contribution is -1.93. The second-order valence-corrected chi connectivity index (χ2v) is 5.07. The monoisotopic (exact) mass is 392 g/mol. The third-order valence-corrected chi connectivity index (χ3v) is 3.49. The number of aromatic nitrogens is 2. The highest BCUT2D eigenvalue weighted by atomic mass is 79.9. The number of rotatable bonds is 2. The van der Waals surface area contributed by atoms with Crippen LogP contribution in [0.2, 0.25) is 5.15 Å². The summed E-state index contributed by atoms with van der Waals surface area (Å²) in [5, 5.41) is 0.507.